The van der Waals surface area contributed by atoms with Crippen LogP contribution in [0.2, 0.25) is 5.02 Å². The molecule has 0 aliphatic heterocycles. The number of rotatable bonds is 13. The first-order valence-corrected chi connectivity index (χ1v) is 13.0. The highest BCUT2D eigenvalue weighted by atomic mass is 35.5. The van der Waals surface area contributed by atoms with Crippen LogP contribution in [0.5, 0.6) is 0 Å². The molecule has 1 unspecified atom stereocenters. The normalized spacial score (nSPS) is 12.7. The van der Waals surface area contributed by atoms with E-state index in [1.54, 1.807) is 12.1 Å². The molecule has 2 aromatic rings. The lowest BCUT2D eigenvalue weighted by Gasteiger charge is -2.20. The minimum atomic E-state index is -3.67. The smallest absolute Gasteiger partial charge is 0.305 e. The lowest BCUT2D eigenvalue weighted by atomic mass is 9.97. The van der Waals surface area contributed by atoms with Gasteiger partial charge in [0.1, 0.15) is 0 Å². The van der Waals surface area contributed by atoms with E-state index in [0.29, 0.717) is 17.4 Å². The highest BCUT2D eigenvalue weighted by Gasteiger charge is 2.21. The molecule has 0 saturated carbocycles. The van der Waals surface area contributed by atoms with Crippen LogP contribution in [0.4, 0.5) is 0 Å². The average molecular weight is 480 g/mol. The van der Waals surface area contributed by atoms with Gasteiger partial charge < -0.3 is 4.74 Å². The van der Waals surface area contributed by atoms with E-state index >= 15 is 0 Å². The number of nitrogens with one attached hydrogen (secondary N) is 1. The quantitative estimate of drug-likeness (QED) is 0.279. The Labute approximate surface area is 197 Å². The molecule has 0 aliphatic rings. The van der Waals surface area contributed by atoms with Crippen molar-refractivity contribution in [1.82, 2.24) is 4.72 Å². The van der Waals surface area contributed by atoms with E-state index in [4.69, 9.17) is 11.6 Å². The van der Waals surface area contributed by atoms with Crippen molar-refractivity contribution in [3.63, 3.8) is 0 Å². The van der Waals surface area contributed by atoms with Crippen LogP contribution in [0.3, 0.4) is 0 Å². The molecule has 7 heteroatoms. The summed E-state index contributed by atoms with van der Waals surface area (Å²) >= 11 is 5.91. The van der Waals surface area contributed by atoms with Crippen molar-refractivity contribution in [3.8, 4) is 0 Å². The number of esters is 1. The van der Waals surface area contributed by atoms with E-state index in [9.17, 15) is 13.2 Å². The Hall–Kier alpha value is -1.89. The Balaban J connectivity index is 2.08. The third-order valence-corrected chi connectivity index (χ3v) is 7.14. The summed E-state index contributed by atoms with van der Waals surface area (Å²) in [6, 6.07) is 14.0. The van der Waals surface area contributed by atoms with Crippen molar-refractivity contribution in [2.24, 2.45) is 5.92 Å². The van der Waals surface area contributed by atoms with Crippen molar-refractivity contribution >= 4 is 27.6 Å². The molecule has 0 spiro atoms. The number of halogens is 1. The Bertz CT molecular complexity index is 941. The first-order valence-electron chi connectivity index (χ1n) is 11.1. The standard InChI is InChI=1S/C25H34ClNO4S/c1-19(2)7-6-9-24(27-32(29,30)23-17-15-22(26)16-18-23)21-13-11-20(12-14-21)8-4-5-10-25(28)31-3/h11-19,24,27H,4-10H2,1-3H3. The Morgan fingerprint density at radius 1 is 0.969 bits per heavy atom. The first kappa shape index (κ1) is 26.4. The lowest BCUT2D eigenvalue weighted by Crippen LogP contribution is -2.28. The van der Waals surface area contributed by atoms with Gasteiger partial charge in [-0.15, -0.1) is 0 Å². The molecular formula is C25H34ClNO4S. The molecule has 0 amide bonds. The molecule has 0 bridgehead atoms. The Morgan fingerprint density at radius 3 is 2.22 bits per heavy atom. The maximum absolute atomic E-state index is 13.0. The fraction of sp³-hybridized carbons (Fsp3) is 0.480. The van der Waals surface area contributed by atoms with E-state index in [1.807, 2.05) is 24.3 Å². The predicted molar refractivity (Wildman–Crippen MR) is 129 cm³/mol. The fourth-order valence-corrected chi connectivity index (χ4v) is 4.90. The maximum atomic E-state index is 13.0. The zero-order valence-electron chi connectivity index (χ0n) is 19.1. The van der Waals surface area contributed by atoms with Crippen LogP contribution in [-0.2, 0) is 26.0 Å². The topological polar surface area (TPSA) is 72.5 Å². The number of aryl methyl sites for hydroxylation is 1. The number of ether oxygens (including phenoxy) is 1. The number of hydrogen-bond acceptors (Lipinski definition) is 4. The summed E-state index contributed by atoms with van der Waals surface area (Å²) in [5.41, 5.74) is 2.12. The molecule has 1 atom stereocenters. The minimum Gasteiger partial charge on any atom is -0.469 e. The number of hydrogen-bond donors (Lipinski definition) is 1. The molecule has 0 saturated heterocycles. The molecule has 0 radical (unpaired) electrons. The van der Waals surface area contributed by atoms with Crippen molar-refractivity contribution < 1.29 is 17.9 Å². The number of carbonyl (C=O) groups is 1. The molecule has 2 aromatic carbocycles. The lowest BCUT2D eigenvalue weighted by molar-refractivity contribution is -0.140. The van der Waals surface area contributed by atoms with Crippen molar-refractivity contribution in [3.05, 3.63) is 64.7 Å². The van der Waals surface area contributed by atoms with Gasteiger partial charge in [-0.05, 0) is 67.0 Å². The summed E-state index contributed by atoms with van der Waals surface area (Å²) in [6.07, 6.45) is 5.68. The van der Waals surface area contributed by atoms with Gasteiger partial charge in [-0.25, -0.2) is 13.1 Å². The molecule has 32 heavy (non-hydrogen) atoms. The number of unbranched alkanes of at least 4 members (excludes halogenated alkanes) is 1. The van der Waals surface area contributed by atoms with Crippen LogP contribution < -0.4 is 4.72 Å². The molecule has 1 N–H and O–H groups in total. The second kappa shape index (κ2) is 13.0. The molecule has 0 heterocycles. The second-order valence-corrected chi connectivity index (χ2v) is 10.6. The molecule has 176 valence electrons. The summed E-state index contributed by atoms with van der Waals surface area (Å²) in [7, 11) is -2.26. The maximum Gasteiger partial charge on any atom is 0.305 e. The third-order valence-electron chi connectivity index (χ3n) is 5.40. The van der Waals surface area contributed by atoms with Gasteiger partial charge >= 0.3 is 5.97 Å². The van der Waals surface area contributed by atoms with E-state index in [1.165, 1.54) is 24.8 Å². The first-order chi connectivity index (χ1) is 15.2. The van der Waals surface area contributed by atoms with E-state index in [2.05, 4.69) is 23.3 Å². The Morgan fingerprint density at radius 2 is 1.62 bits per heavy atom. The van der Waals surface area contributed by atoms with Crippen molar-refractivity contribution in [2.45, 2.75) is 69.7 Å². The number of carbonyl (C=O) groups excluding carboxylic acids is 1. The van der Waals surface area contributed by atoms with Crippen LogP contribution in [0.1, 0.15) is 69.5 Å². The van der Waals surface area contributed by atoms with Gasteiger partial charge in [0.05, 0.1) is 12.0 Å². The van der Waals surface area contributed by atoms with Gasteiger partial charge in [-0.3, -0.25) is 4.79 Å². The molecule has 0 aromatic heterocycles. The predicted octanol–water partition coefficient (Wildman–Crippen LogP) is 6.07. The summed E-state index contributed by atoms with van der Waals surface area (Å²) in [6.45, 7) is 4.34. The highest BCUT2D eigenvalue weighted by Crippen LogP contribution is 2.25. The number of benzene rings is 2. The average Bonchev–Trinajstić information content (AvgIpc) is 2.76. The van der Waals surface area contributed by atoms with Crippen LogP contribution >= 0.6 is 11.6 Å². The zero-order chi connectivity index (χ0) is 23.6. The van der Waals surface area contributed by atoms with Crippen LogP contribution in [0, 0.1) is 5.92 Å². The third kappa shape index (κ3) is 8.93. The van der Waals surface area contributed by atoms with E-state index in [-0.39, 0.29) is 16.9 Å². The van der Waals surface area contributed by atoms with Gasteiger partial charge in [-0.1, -0.05) is 62.6 Å². The summed E-state index contributed by atoms with van der Waals surface area (Å²) in [5, 5.41) is 0.500. The van der Waals surface area contributed by atoms with Crippen LogP contribution in [0.25, 0.3) is 0 Å². The zero-order valence-corrected chi connectivity index (χ0v) is 20.7. The largest absolute Gasteiger partial charge is 0.469 e. The van der Waals surface area contributed by atoms with Gasteiger partial charge in [0.15, 0.2) is 0 Å². The number of methoxy groups -OCH3 is 1. The van der Waals surface area contributed by atoms with E-state index in [0.717, 1.165) is 44.1 Å². The molecular weight excluding hydrogens is 446 g/mol. The summed E-state index contributed by atoms with van der Waals surface area (Å²) < 4.78 is 33.5. The molecule has 2 rings (SSSR count). The second-order valence-electron chi connectivity index (χ2n) is 8.48. The SMILES string of the molecule is COC(=O)CCCCc1ccc(C(CCCC(C)C)NS(=O)(=O)c2ccc(Cl)cc2)cc1. The summed E-state index contributed by atoms with van der Waals surface area (Å²) in [5.74, 6) is 0.383. The van der Waals surface area contributed by atoms with Crippen LogP contribution in [0.15, 0.2) is 53.4 Å². The van der Waals surface area contributed by atoms with Crippen molar-refractivity contribution in [2.75, 3.05) is 7.11 Å². The van der Waals surface area contributed by atoms with Gasteiger partial charge in [0.2, 0.25) is 10.0 Å². The number of sulfonamides is 1. The van der Waals surface area contributed by atoms with Gasteiger partial charge in [-0.2, -0.15) is 0 Å². The Kier molecular flexibility index (Phi) is 10.7. The molecule has 0 fully saturated rings. The fourth-order valence-electron chi connectivity index (χ4n) is 3.51. The van der Waals surface area contributed by atoms with Crippen LogP contribution in [-0.4, -0.2) is 21.5 Å². The van der Waals surface area contributed by atoms with E-state index < -0.39 is 10.0 Å². The molecule has 0 aliphatic carbocycles. The monoisotopic (exact) mass is 479 g/mol. The minimum absolute atomic E-state index is 0.183. The van der Waals surface area contributed by atoms with Gasteiger partial charge in [0, 0.05) is 17.5 Å². The highest BCUT2D eigenvalue weighted by molar-refractivity contribution is 7.89. The summed E-state index contributed by atoms with van der Waals surface area (Å²) in [4.78, 5) is 11.4. The van der Waals surface area contributed by atoms with Crippen molar-refractivity contribution in [1.29, 1.82) is 0 Å². The molecule has 5 nitrogen and oxygen atoms in total. The van der Waals surface area contributed by atoms with Gasteiger partial charge in [0.25, 0.3) is 0 Å².